The normalized spacial score (nSPS) is 19.8. The van der Waals surface area contributed by atoms with Crippen molar-refractivity contribution in [2.24, 2.45) is 5.92 Å². The van der Waals surface area contributed by atoms with Gasteiger partial charge in [0, 0.05) is 12.2 Å². The molecule has 24 heavy (non-hydrogen) atoms. The first-order valence-corrected chi connectivity index (χ1v) is 8.52. The largest absolute Gasteiger partial charge is 0.481 e. The Morgan fingerprint density at radius 1 is 1.21 bits per heavy atom. The lowest BCUT2D eigenvalue weighted by Gasteiger charge is -2.37. The van der Waals surface area contributed by atoms with E-state index in [1.54, 1.807) is 0 Å². The zero-order valence-electron chi connectivity index (χ0n) is 14.3. The summed E-state index contributed by atoms with van der Waals surface area (Å²) in [7, 11) is 0. The minimum absolute atomic E-state index is 0.00764. The van der Waals surface area contributed by atoms with E-state index in [0.717, 1.165) is 30.8 Å². The van der Waals surface area contributed by atoms with Crippen molar-refractivity contribution in [3.05, 3.63) is 65.0 Å². The molecule has 0 saturated carbocycles. The van der Waals surface area contributed by atoms with Crippen LogP contribution in [0, 0.1) is 19.8 Å². The van der Waals surface area contributed by atoms with E-state index in [1.807, 2.05) is 31.2 Å². The summed E-state index contributed by atoms with van der Waals surface area (Å²) in [6, 6.07) is 14.4. The molecule has 0 aliphatic carbocycles. The highest BCUT2D eigenvalue weighted by Gasteiger charge is 2.32. The quantitative estimate of drug-likeness (QED) is 0.934. The molecule has 2 unspecified atom stereocenters. The summed E-state index contributed by atoms with van der Waals surface area (Å²) in [4.78, 5) is 18.5. The highest BCUT2D eigenvalue weighted by molar-refractivity contribution is 5.70. The third-order valence-corrected chi connectivity index (χ3v) is 4.84. The Kier molecular flexibility index (Phi) is 4.95. The second-order valence-corrected chi connectivity index (χ2v) is 6.64. The van der Waals surface area contributed by atoms with Crippen molar-refractivity contribution in [2.45, 2.75) is 32.7 Å². The minimum atomic E-state index is -0.694. The average Bonchev–Trinajstić information content (AvgIpc) is 2.57. The Labute approximate surface area is 143 Å². The summed E-state index contributed by atoms with van der Waals surface area (Å²) in [5.74, 6) is -0.990. The van der Waals surface area contributed by atoms with Gasteiger partial charge in [-0.1, -0.05) is 30.3 Å². The molecule has 1 aliphatic rings. The number of carbonyl (C=O) groups is 1. The van der Waals surface area contributed by atoms with E-state index < -0.39 is 5.97 Å². The van der Waals surface area contributed by atoms with Gasteiger partial charge >= 0.3 is 5.97 Å². The molecule has 2 heterocycles. The minimum Gasteiger partial charge on any atom is -0.481 e. The molecule has 2 aromatic rings. The van der Waals surface area contributed by atoms with Crippen LogP contribution in [-0.4, -0.2) is 34.0 Å². The zero-order chi connectivity index (χ0) is 17.1. The number of rotatable bonds is 4. The number of hydrogen-bond donors (Lipinski definition) is 1. The van der Waals surface area contributed by atoms with E-state index in [2.05, 4.69) is 30.0 Å². The number of aromatic nitrogens is 1. The van der Waals surface area contributed by atoms with Crippen molar-refractivity contribution >= 4 is 5.97 Å². The molecule has 3 rings (SSSR count). The lowest BCUT2D eigenvalue weighted by molar-refractivity contribution is -0.143. The van der Waals surface area contributed by atoms with Gasteiger partial charge < -0.3 is 5.11 Å². The van der Waals surface area contributed by atoms with Crippen LogP contribution in [0.15, 0.2) is 42.5 Å². The number of carboxylic acids is 1. The topological polar surface area (TPSA) is 53.4 Å². The lowest BCUT2D eigenvalue weighted by atomic mass is 9.91. The number of benzene rings is 1. The Bertz CT molecular complexity index is 729. The molecular weight excluding hydrogens is 300 g/mol. The highest BCUT2D eigenvalue weighted by Crippen LogP contribution is 2.33. The summed E-state index contributed by atoms with van der Waals surface area (Å²) in [6.45, 7) is 5.58. The van der Waals surface area contributed by atoms with Gasteiger partial charge in [-0.15, -0.1) is 0 Å². The first-order valence-electron chi connectivity index (χ1n) is 8.52. The molecule has 0 spiro atoms. The molecule has 0 bridgehead atoms. The number of hydrogen-bond acceptors (Lipinski definition) is 3. The second-order valence-electron chi connectivity index (χ2n) is 6.64. The summed E-state index contributed by atoms with van der Waals surface area (Å²) in [5.41, 5.74) is 4.40. The maximum atomic E-state index is 11.5. The van der Waals surface area contributed by atoms with E-state index in [4.69, 9.17) is 4.98 Å². The van der Waals surface area contributed by atoms with Crippen LogP contribution in [0.1, 0.15) is 41.4 Å². The fourth-order valence-corrected chi connectivity index (χ4v) is 3.60. The molecule has 1 saturated heterocycles. The number of carboxylic acid groups (broad SMARTS) is 1. The van der Waals surface area contributed by atoms with Crippen LogP contribution >= 0.6 is 0 Å². The molecule has 126 valence electrons. The van der Waals surface area contributed by atoms with Gasteiger partial charge in [-0.05, 0) is 56.5 Å². The molecule has 2 atom stereocenters. The summed E-state index contributed by atoms with van der Waals surface area (Å²) < 4.78 is 0. The predicted molar refractivity (Wildman–Crippen MR) is 93.9 cm³/mol. The molecule has 0 amide bonds. The summed E-state index contributed by atoms with van der Waals surface area (Å²) in [5, 5.41) is 9.44. The molecular formula is C20H24N2O2. The van der Waals surface area contributed by atoms with Crippen LogP contribution in [-0.2, 0) is 4.79 Å². The summed E-state index contributed by atoms with van der Waals surface area (Å²) in [6.07, 6.45) is 1.67. The predicted octanol–water partition coefficient (Wildman–Crippen LogP) is 3.58. The third kappa shape index (κ3) is 3.49. The van der Waals surface area contributed by atoms with Gasteiger partial charge in [0.1, 0.15) is 0 Å². The third-order valence-electron chi connectivity index (χ3n) is 4.84. The molecule has 4 nitrogen and oxygen atoms in total. The standard InChI is InChI=1S/C20H24N2O2/c1-14-7-3-4-10-17(14)19(18-11-5-8-15(2)21-18)22-12-6-9-16(13-22)20(23)24/h3-5,7-8,10-11,16,19H,6,9,12-13H2,1-2H3,(H,23,24). The van der Waals surface area contributed by atoms with Crippen molar-refractivity contribution in [3.63, 3.8) is 0 Å². The van der Waals surface area contributed by atoms with Gasteiger partial charge in [0.05, 0.1) is 17.7 Å². The molecule has 1 aromatic carbocycles. The Morgan fingerprint density at radius 2 is 2.00 bits per heavy atom. The van der Waals surface area contributed by atoms with Crippen LogP contribution in [0.2, 0.25) is 0 Å². The first-order chi connectivity index (χ1) is 11.6. The Hall–Kier alpha value is -2.20. The first kappa shape index (κ1) is 16.7. The zero-order valence-corrected chi connectivity index (χ0v) is 14.3. The molecule has 1 N–H and O–H groups in total. The number of aryl methyl sites for hydroxylation is 2. The number of aliphatic carboxylic acids is 1. The maximum absolute atomic E-state index is 11.5. The smallest absolute Gasteiger partial charge is 0.307 e. The van der Waals surface area contributed by atoms with Gasteiger partial charge in [0.25, 0.3) is 0 Å². The Balaban J connectivity index is 2.02. The van der Waals surface area contributed by atoms with Crippen LogP contribution < -0.4 is 0 Å². The fourth-order valence-electron chi connectivity index (χ4n) is 3.60. The van der Waals surface area contributed by atoms with E-state index in [9.17, 15) is 9.90 Å². The van der Waals surface area contributed by atoms with Gasteiger partial charge in [-0.2, -0.15) is 0 Å². The van der Waals surface area contributed by atoms with Crippen LogP contribution in [0.25, 0.3) is 0 Å². The van der Waals surface area contributed by atoms with Crippen molar-refractivity contribution in [1.82, 2.24) is 9.88 Å². The average molecular weight is 324 g/mol. The number of nitrogens with zero attached hydrogens (tertiary/aromatic N) is 2. The highest BCUT2D eigenvalue weighted by atomic mass is 16.4. The van der Waals surface area contributed by atoms with Gasteiger partial charge in [-0.3, -0.25) is 14.7 Å². The number of piperidine rings is 1. The molecule has 1 fully saturated rings. The van der Waals surface area contributed by atoms with E-state index >= 15 is 0 Å². The van der Waals surface area contributed by atoms with Crippen LogP contribution in [0.5, 0.6) is 0 Å². The molecule has 1 aromatic heterocycles. The van der Waals surface area contributed by atoms with Gasteiger partial charge in [0.2, 0.25) is 0 Å². The van der Waals surface area contributed by atoms with Gasteiger partial charge in [-0.25, -0.2) is 0 Å². The van der Waals surface area contributed by atoms with Crippen LogP contribution in [0.3, 0.4) is 0 Å². The fraction of sp³-hybridized carbons (Fsp3) is 0.400. The number of pyridine rings is 1. The van der Waals surface area contributed by atoms with E-state index in [0.29, 0.717) is 6.54 Å². The second kappa shape index (κ2) is 7.14. The van der Waals surface area contributed by atoms with Crippen molar-refractivity contribution in [1.29, 1.82) is 0 Å². The van der Waals surface area contributed by atoms with E-state index in [-0.39, 0.29) is 12.0 Å². The lowest BCUT2D eigenvalue weighted by Crippen LogP contribution is -2.41. The summed E-state index contributed by atoms with van der Waals surface area (Å²) >= 11 is 0. The maximum Gasteiger partial charge on any atom is 0.307 e. The number of likely N-dealkylation sites (tertiary alicyclic amines) is 1. The van der Waals surface area contributed by atoms with Crippen molar-refractivity contribution in [2.75, 3.05) is 13.1 Å². The van der Waals surface area contributed by atoms with Crippen molar-refractivity contribution < 1.29 is 9.90 Å². The molecule has 1 aliphatic heterocycles. The van der Waals surface area contributed by atoms with Crippen LogP contribution in [0.4, 0.5) is 0 Å². The van der Waals surface area contributed by atoms with Gasteiger partial charge in [0.15, 0.2) is 0 Å². The SMILES string of the molecule is Cc1cccc(C(c2ccccc2C)N2CCCC(C(=O)O)C2)n1. The monoisotopic (exact) mass is 324 g/mol. The molecule has 4 heteroatoms. The Morgan fingerprint density at radius 3 is 2.71 bits per heavy atom. The molecule has 0 radical (unpaired) electrons. The van der Waals surface area contributed by atoms with Crippen molar-refractivity contribution in [3.8, 4) is 0 Å². The van der Waals surface area contributed by atoms with E-state index in [1.165, 1.54) is 11.1 Å².